The van der Waals surface area contributed by atoms with Crippen molar-refractivity contribution < 1.29 is 4.79 Å². The number of benzene rings is 2. The Morgan fingerprint density at radius 1 is 1.26 bits per heavy atom. The molecule has 138 valence electrons. The van der Waals surface area contributed by atoms with Crippen LogP contribution in [-0.4, -0.2) is 16.2 Å². The van der Waals surface area contributed by atoms with Crippen molar-refractivity contribution in [3.8, 4) is 12.3 Å². The molecule has 1 aromatic heterocycles. The molecule has 0 N–H and O–H groups in total. The Kier molecular flexibility index (Phi) is 6.54. The van der Waals surface area contributed by atoms with Gasteiger partial charge in [0.2, 0.25) is 0 Å². The van der Waals surface area contributed by atoms with E-state index in [9.17, 15) is 4.79 Å². The Bertz CT molecular complexity index is 1040. The minimum atomic E-state index is -0.127. The number of carbonyl (C=O) groups excluding carboxylic acids is 1. The van der Waals surface area contributed by atoms with E-state index in [2.05, 4.69) is 55.1 Å². The maximum Gasteiger partial charge on any atom is 0.258 e. The topological polar surface area (TPSA) is 34.4 Å². The minimum Gasteiger partial charge on any atom is -0.305 e. The molecule has 2 aromatic carbocycles. The molecule has 0 spiro atoms. The summed E-state index contributed by atoms with van der Waals surface area (Å²) >= 11 is 3.10. The van der Waals surface area contributed by atoms with Gasteiger partial charge in [0.1, 0.15) is 0 Å². The van der Waals surface area contributed by atoms with Gasteiger partial charge in [0.15, 0.2) is 4.80 Å². The second kappa shape index (κ2) is 9.07. The van der Waals surface area contributed by atoms with Crippen LogP contribution in [0.4, 0.5) is 0 Å². The molecule has 0 unspecified atom stereocenters. The van der Waals surface area contributed by atoms with Crippen molar-refractivity contribution in [1.29, 1.82) is 0 Å². The molecule has 27 heavy (non-hydrogen) atoms. The molecule has 0 bridgehead atoms. The number of fused-ring (bicyclic) bond motifs is 1. The molecule has 5 heteroatoms. The molecule has 0 saturated heterocycles. The van der Waals surface area contributed by atoms with Crippen molar-refractivity contribution in [2.24, 2.45) is 4.99 Å². The van der Waals surface area contributed by atoms with Crippen LogP contribution in [0.25, 0.3) is 10.2 Å². The molecular weight excluding hydrogens is 372 g/mol. The minimum absolute atomic E-state index is 0.127. The summed E-state index contributed by atoms with van der Waals surface area (Å²) in [6.45, 7) is 4.75. The van der Waals surface area contributed by atoms with Crippen molar-refractivity contribution in [2.75, 3.05) is 5.75 Å². The zero-order valence-corrected chi connectivity index (χ0v) is 17.1. The molecule has 0 aliphatic heterocycles. The highest BCUT2D eigenvalue weighted by Gasteiger charge is 2.09. The summed E-state index contributed by atoms with van der Waals surface area (Å²) in [4.78, 5) is 17.4. The molecule has 0 aliphatic rings. The third kappa shape index (κ3) is 4.91. The van der Waals surface area contributed by atoms with Gasteiger partial charge in [-0.1, -0.05) is 67.5 Å². The number of rotatable bonds is 6. The molecule has 0 radical (unpaired) electrons. The van der Waals surface area contributed by atoms with E-state index in [0.717, 1.165) is 16.0 Å². The second-order valence-electron chi connectivity index (χ2n) is 6.54. The molecule has 1 heterocycles. The van der Waals surface area contributed by atoms with Crippen molar-refractivity contribution in [3.63, 3.8) is 0 Å². The lowest BCUT2D eigenvalue weighted by Crippen LogP contribution is -2.17. The van der Waals surface area contributed by atoms with Crippen molar-refractivity contribution >= 4 is 39.2 Å². The van der Waals surface area contributed by atoms with E-state index < -0.39 is 0 Å². The lowest BCUT2D eigenvalue weighted by molar-refractivity contribution is -0.115. The van der Waals surface area contributed by atoms with Gasteiger partial charge in [-0.05, 0) is 29.2 Å². The third-order valence-electron chi connectivity index (χ3n) is 4.18. The van der Waals surface area contributed by atoms with Gasteiger partial charge < -0.3 is 4.57 Å². The van der Waals surface area contributed by atoms with E-state index in [1.54, 1.807) is 11.8 Å². The SMILES string of the molecule is C#CCn1c(=NC(=O)CSCc2ccccc2)sc2cc(C(C)C)ccc21. The summed E-state index contributed by atoms with van der Waals surface area (Å²) in [6.07, 6.45) is 5.54. The summed E-state index contributed by atoms with van der Waals surface area (Å²) in [7, 11) is 0. The Balaban J connectivity index is 1.82. The summed E-state index contributed by atoms with van der Waals surface area (Å²) in [6, 6.07) is 16.5. The molecule has 0 fully saturated rings. The number of terminal acetylenes is 1. The molecule has 0 atom stereocenters. The standard InChI is InChI=1S/C22H22N2OS2/c1-4-12-24-19-11-10-18(16(2)3)13-20(19)27-22(24)23-21(25)15-26-14-17-8-6-5-7-9-17/h1,5-11,13,16H,12,14-15H2,2-3H3. The molecule has 1 amide bonds. The lowest BCUT2D eigenvalue weighted by atomic mass is 10.0. The van der Waals surface area contributed by atoms with Gasteiger partial charge in [0.25, 0.3) is 5.91 Å². The quantitative estimate of drug-likeness (QED) is 0.562. The van der Waals surface area contributed by atoms with Gasteiger partial charge in [-0.15, -0.1) is 18.2 Å². The molecule has 3 nitrogen and oxygen atoms in total. The molecule has 0 saturated carbocycles. The summed E-state index contributed by atoms with van der Waals surface area (Å²) < 4.78 is 3.06. The van der Waals surface area contributed by atoms with Crippen molar-refractivity contribution in [2.45, 2.75) is 32.1 Å². The first-order valence-electron chi connectivity index (χ1n) is 8.84. The van der Waals surface area contributed by atoms with E-state index in [0.29, 0.717) is 23.0 Å². The first-order valence-corrected chi connectivity index (χ1v) is 10.8. The number of hydrogen-bond donors (Lipinski definition) is 0. The molecular formula is C22H22N2OS2. The van der Waals surface area contributed by atoms with Crippen LogP contribution in [0, 0.1) is 12.3 Å². The van der Waals surface area contributed by atoms with Crippen LogP contribution in [0.15, 0.2) is 53.5 Å². The van der Waals surface area contributed by atoms with Crippen LogP contribution >= 0.6 is 23.1 Å². The number of carbonyl (C=O) groups is 1. The molecule has 3 rings (SSSR count). The van der Waals surface area contributed by atoms with Crippen LogP contribution in [0.3, 0.4) is 0 Å². The second-order valence-corrected chi connectivity index (χ2v) is 8.54. The predicted octanol–water partition coefficient (Wildman–Crippen LogP) is 4.82. The molecule has 3 aromatic rings. The first kappa shape index (κ1) is 19.5. The van der Waals surface area contributed by atoms with E-state index in [1.165, 1.54) is 22.5 Å². The number of amides is 1. The van der Waals surface area contributed by atoms with Gasteiger partial charge in [0, 0.05) is 5.75 Å². The highest BCUT2D eigenvalue weighted by atomic mass is 32.2. The Hall–Kier alpha value is -2.29. The Morgan fingerprint density at radius 2 is 2.04 bits per heavy atom. The highest BCUT2D eigenvalue weighted by Crippen LogP contribution is 2.23. The normalized spacial score (nSPS) is 11.9. The summed E-state index contributed by atoms with van der Waals surface area (Å²) in [5.41, 5.74) is 3.51. The highest BCUT2D eigenvalue weighted by molar-refractivity contribution is 7.99. The van der Waals surface area contributed by atoms with E-state index in [-0.39, 0.29) is 5.91 Å². The average molecular weight is 395 g/mol. The van der Waals surface area contributed by atoms with Gasteiger partial charge >= 0.3 is 0 Å². The third-order valence-corrected chi connectivity index (χ3v) is 6.21. The van der Waals surface area contributed by atoms with Crippen molar-refractivity contribution in [1.82, 2.24) is 4.57 Å². The zero-order valence-electron chi connectivity index (χ0n) is 15.5. The maximum atomic E-state index is 12.4. The molecule has 0 aliphatic carbocycles. The van der Waals surface area contributed by atoms with E-state index in [4.69, 9.17) is 6.42 Å². The fourth-order valence-electron chi connectivity index (χ4n) is 2.75. The van der Waals surface area contributed by atoms with Crippen molar-refractivity contribution in [3.05, 3.63) is 64.5 Å². The number of hydrogen-bond acceptors (Lipinski definition) is 3. The van der Waals surface area contributed by atoms with E-state index in [1.807, 2.05) is 22.8 Å². The summed E-state index contributed by atoms with van der Waals surface area (Å²) in [5, 5.41) is 0. The van der Waals surface area contributed by atoms with Crippen LogP contribution in [0.5, 0.6) is 0 Å². The Morgan fingerprint density at radius 3 is 2.74 bits per heavy atom. The Labute approximate surface area is 168 Å². The fraction of sp³-hybridized carbons (Fsp3) is 0.273. The van der Waals surface area contributed by atoms with Crippen LogP contribution in [-0.2, 0) is 17.1 Å². The number of nitrogens with zero attached hydrogens (tertiary/aromatic N) is 2. The average Bonchev–Trinajstić information content (AvgIpc) is 2.99. The largest absolute Gasteiger partial charge is 0.305 e. The van der Waals surface area contributed by atoms with Gasteiger partial charge in [-0.25, -0.2) is 0 Å². The van der Waals surface area contributed by atoms with Crippen LogP contribution in [0.1, 0.15) is 30.9 Å². The monoisotopic (exact) mass is 394 g/mol. The van der Waals surface area contributed by atoms with Crippen LogP contribution < -0.4 is 4.80 Å². The first-order chi connectivity index (χ1) is 13.1. The predicted molar refractivity (Wildman–Crippen MR) is 116 cm³/mol. The number of thiazole rings is 1. The maximum absolute atomic E-state index is 12.4. The number of aromatic nitrogens is 1. The van der Waals surface area contributed by atoms with E-state index >= 15 is 0 Å². The smallest absolute Gasteiger partial charge is 0.258 e. The zero-order chi connectivity index (χ0) is 19.2. The lowest BCUT2D eigenvalue weighted by Gasteiger charge is -2.05. The fourth-order valence-corrected chi connectivity index (χ4v) is 4.61. The van der Waals surface area contributed by atoms with Crippen LogP contribution in [0.2, 0.25) is 0 Å². The number of thioether (sulfide) groups is 1. The van der Waals surface area contributed by atoms with Gasteiger partial charge in [-0.2, -0.15) is 4.99 Å². The van der Waals surface area contributed by atoms with Gasteiger partial charge in [0.05, 0.1) is 22.5 Å². The summed E-state index contributed by atoms with van der Waals surface area (Å²) in [5.74, 6) is 4.16. The van der Waals surface area contributed by atoms with Gasteiger partial charge in [-0.3, -0.25) is 4.79 Å².